The molecule has 1 aliphatic carbocycles. The Morgan fingerprint density at radius 2 is 1.88 bits per heavy atom. The topological polar surface area (TPSA) is 63.2 Å². The zero-order valence-corrected chi connectivity index (χ0v) is 22.2. The van der Waals surface area contributed by atoms with Crippen molar-refractivity contribution in [2.75, 3.05) is 19.3 Å². The molecule has 0 atom stereocenters. The number of carbonyl (C=O) groups is 2. The van der Waals surface area contributed by atoms with Crippen molar-refractivity contribution in [1.29, 1.82) is 0 Å². The molecule has 178 valence electrons. The Morgan fingerprint density at radius 1 is 1.15 bits per heavy atom. The summed E-state index contributed by atoms with van der Waals surface area (Å²) in [6.45, 7) is 9.83. The third kappa shape index (κ3) is 4.17. The zero-order chi connectivity index (χ0) is 24.3. The SMILES string of the molecule is CSc1cnc2c(C)cc(C(=O)N3CCC4(CC3)CC(=O)c3nc(C(C)(C)C)sc3C4)cc2c1. The fourth-order valence-electron chi connectivity index (χ4n) is 5.20. The normalized spacial score (nSPS) is 17.9. The number of aromatic nitrogens is 2. The first-order valence-electron chi connectivity index (χ1n) is 11.9. The molecule has 0 bridgehead atoms. The van der Waals surface area contributed by atoms with Crippen LogP contribution in [0.15, 0.2) is 29.3 Å². The minimum Gasteiger partial charge on any atom is -0.339 e. The second kappa shape index (κ2) is 8.45. The lowest BCUT2D eigenvalue weighted by molar-refractivity contribution is 0.0522. The number of Topliss-reactive ketones (excluding diaryl/α,β-unsaturated/α-hetero) is 1. The van der Waals surface area contributed by atoms with E-state index in [2.05, 4.69) is 31.8 Å². The van der Waals surface area contributed by atoms with E-state index in [1.165, 1.54) is 0 Å². The maximum absolute atomic E-state index is 13.4. The largest absolute Gasteiger partial charge is 0.339 e. The van der Waals surface area contributed by atoms with Crippen LogP contribution in [0.5, 0.6) is 0 Å². The number of aryl methyl sites for hydroxylation is 1. The van der Waals surface area contributed by atoms with E-state index >= 15 is 0 Å². The Labute approximate surface area is 209 Å². The molecule has 2 aliphatic rings. The molecule has 0 unspecified atom stereocenters. The standard InChI is InChI=1S/C27H31N3O2S2/c1-16-10-18(11-17-12-19(33-5)15-28-22(16)17)24(32)30-8-6-27(7-9-30)13-20(31)23-21(14-27)34-25(29-23)26(2,3)4/h10-12,15H,6-9,13-14H2,1-5H3. The van der Waals surface area contributed by atoms with Crippen LogP contribution in [-0.4, -0.2) is 45.9 Å². The summed E-state index contributed by atoms with van der Waals surface area (Å²) in [5.74, 6) is 0.250. The first-order chi connectivity index (χ1) is 16.1. The molecule has 0 N–H and O–H groups in total. The average Bonchev–Trinajstić information content (AvgIpc) is 3.23. The van der Waals surface area contributed by atoms with Gasteiger partial charge in [-0.25, -0.2) is 4.98 Å². The number of hydrogen-bond donors (Lipinski definition) is 0. The number of hydrogen-bond acceptors (Lipinski definition) is 6. The summed E-state index contributed by atoms with van der Waals surface area (Å²) in [5.41, 5.74) is 3.30. The van der Waals surface area contributed by atoms with Gasteiger partial charge in [0.2, 0.25) is 0 Å². The lowest BCUT2D eigenvalue weighted by Gasteiger charge is -2.43. The van der Waals surface area contributed by atoms with E-state index in [-0.39, 0.29) is 22.5 Å². The molecule has 1 saturated heterocycles. The van der Waals surface area contributed by atoms with Gasteiger partial charge in [0.15, 0.2) is 5.78 Å². The van der Waals surface area contributed by atoms with Crippen molar-refractivity contribution in [2.45, 2.75) is 63.7 Å². The highest BCUT2D eigenvalue weighted by atomic mass is 32.2. The van der Waals surface area contributed by atoms with E-state index in [4.69, 9.17) is 4.98 Å². The number of pyridine rings is 1. The van der Waals surface area contributed by atoms with E-state index in [9.17, 15) is 9.59 Å². The van der Waals surface area contributed by atoms with Gasteiger partial charge in [-0.2, -0.15) is 0 Å². The number of ketones is 1. The molecule has 1 amide bonds. The number of benzene rings is 1. The summed E-state index contributed by atoms with van der Waals surface area (Å²) >= 11 is 3.36. The number of rotatable bonds is 2. The molecule has 2 aromatic heterocycles. The molecule has 7 heteroatoms. The van der Waals surface area contributed by atoms with Gasteiger partial charge in [-0.1, -0.05) is 20.8 Å². The van der Waals surface area contributed by atoms with Crippen molar-refractivity contribution >= 4 is 45.7 Å². The molecule has 34 heavy (non-hydrogen) atoms. The van der Waals surface area contributed by atoms with Crippen LogP contribution in [0, 0.1) is 12.3 Å². The molecule has 5 nitrogen and oxygen atoms in total. The Hall–Kier alpha value is -2.25. The minimum atomic E-state index is -0.0463. The maximum atomic E-state index is 13.4. The summed E-state index contributed by atoms with van der Waals surface area (Å²) in [6, 6.07) is 6.04. The van der Waals surface area contributed by atoms with Crippen LogP contribution in [0.4, 0.5) is 0 Å². The van der Waals surface area contributed by atoms with Crippen molar-refractivity contribution in [3.8, 4) is 0 Å². The van der Waals surface area contributed by atoms with Crippen LogP contribution >= 0.6 is 23.1 Å². The Bertz CT molecular complexity index is 1300. The summed E-state index contributed by atoms with van der Waals surface area (Å²) < 4.78 is 0. The minimum absolute atomic E-state index is 0.0426. The van der Waals surface area contributed by atoms with Crippen molar-refractivity contribution < 1.29 is 9.59 Å². The number of thioether (sulfide) groups is 1. The molecule has 1 aromatic carbocycles. The predicted molar refractivity (Wildman–Crippen MR) is 139 cm³/mol. The summed E-state index contributed by atoms with van der Waals surface area (Å²) in [6.07, 6.45) is 7.09. The summed E-state index contributed by atoms with van der Waals surface area (Å²) in [7, 11) is 0. The maximum Gasteiger partial charge on any atom is 0.253 e. The first-order valence-corrected chi connectivity index (χ1v) is 13.9. The Morgan fingerprint density at radius 3 is 2.56 bits per heavy atom. The van der Waals surface area contributed by atoms with Crippen molar-refractivity contribution in [2.24, 2.45) is 5.41 Å². The second-order valence-electron chi connectivity index (χ2n) is 10.8. The smallest absolute Gasteiger partial charge is 0.253 e. The molecule has 3 heterocycles. The van der Waals surface area contributed by atoms with Crippen LogP contribution < -0.4 is 0 Å². The molecular formula is C27H31N3O2S2. The fraction of sp³-hybridized carbons (Fsp3) is 0.481. The van der Waals surface area contributed by atoms with Gasteiger partial charge in [0.25, 0.3) is 5.91 Å². The monoisotopic (exact) mass is 493 g/mol. The van der Waals surface area contributed by atoms with Crippen LogP contribution in [-0.2, 0) is 11.8 Å². The molecule has 1 fully saturated rings. The zero-order valence-electron chi connectivity index (χ0n) is 20.5. The average molecular weight is 494 g/mol. The van der Waals surface area contributed by atoms with Crippen LogP contribution in [0.25, 0.3) is 10.9 Å². The third-order valence-electron chi connectivity index (χ3n) is 7.22. The van der Waals surface area contributed by atoms with E-state index in [0.29, 0.717) is 25.2 Å². The lowest BCUT2D eigenvalue weighted by Crippen LogP contribution is -2.46. The molecule has 0 saturated carbocycles. The van der Waals surface area contributed by atoms with E-state index in [1.807, 2.05) is 36.4 Å². The van der Waals surface area contributed by atoms with Crippen LogP contribution in [0.1, 0.15) is 76.3 Å². The quantitative estimate of drug-likeness (QED) is 0.406. The highest BCUT2D eigenvalue weighted by Gasteiger charge is 2.43. The number of thiazole rings is 1. The van der Waals surface area contributed by atoms with E-state index in [1.54, 1.807) is 23.1 Å². The molecule has 1 aliphatic heterocycles. The molecule has 3 aromatic rings. The van der Waals surface area contributed by atoms with Gasteiger partial charge >= 0.3 is 0 Å². The number of nitrogens with zero attached hydrogens (tertiary/aromatic N) is 3. The van der Waals surface area contributed by atoms with Gasteiger partial charge in [0, 0.05) is 51.8 Å². The second-order valence-corrected chi connectivity index (χ2v) is 12.8. The van der Waals surface area contributed by atoms with Crippen molar-refractivity contribution in [3.05, 3.63) is 51.1 Å². The predicted octanol–water partition coefficient (Wildman–Crippen LogP) is 6.07. The number of fused-ring (bicyclic) bond motifs is 2. The number of piperidine rings is 1. The van der Waals surface area contributed by atoms with Crippen molar-refractivity contribution in [1.82, 2.24) is 14.9 Å². The Kier molecular flexibility index (Phi) is 5.84. The lowest BCUT2D eigenvalue weighted by atomic mass is 9.68. The third-order valence-corrected chi connectivity index (χ3v) is 9.39. The van der Waals surface area contributed by atoms with Gasteiger partial charge < -0.3 is 4.90 Å². The van der Waals surface area contributed by atoms with Crippen molar-refractivity contribution in [3.63, 3.8) is 0 Å². The molecule has 0 radical (unpaired) electrons. The highest BCUT2D eigenvalue weighted by molar-refractivity contribution is 7.98. The first kappa shape index (κ1) is 23.5. The van der Waals surface area contributed by atoms with Gasteiger partial charge in [0.1, 0.15) is 5.69 Å². The fourth-order valence-corrected chi connectivity index (χ4v) is 6.92. The summed E-state index contributed by atoms with van der Waals surface area (Å²) in [5, 5.41) is 2.05. The number of carbonyl (C=O) groups excluding carboxylic acids is 2. The van der Waals surface area contributed by atoms with Gasteiger partial charge in [0.05, 0.1) is 10.5 Å². The van der Waals surface area contributed by atoms with E-state index < -0.39 is 0 Å². The number of likely N-dealkylation sites (tertiary alicyclic amines) is 1. The number of amides is 1. The van der Waals surface area contributed by atoms with Gasteiger partial charge in [-0.05, 0) is 61.6 Å². The highest BCUT2D eigenvalue weighted by Crippen LogP contribution is 2.46. The summed E-state index contributed by atoms with van der Waals surface area (Å²) in [4.78, 5) is 39.9. The Balaban J connectivity index is 1.34. The van der Waals surface area contributed by atoms with Crippen LogP contribution in [0.2, 0.25) is 0 Å². The van der Waals surface area contributed by atoms with E-state index in [0.717, 1.165) is 56.1 Å². The van der Waals surface area contributed by atoms with Gasteiger partial charge in [-0.3, -0.25) is 14.6 Å². The molecule has 5 rings (SSSR count). The molecule has 1 spiro atoms. The van der Waals surface area contributed by atoms with Gasteiger partial charge in [-0.15, -0.1) is 23.1 Å². The molecular weight excluding hydrogens is 462 g/mol. The van der Waals surface area contributed by atoms with Crippen LogP contribution in [0.3, 0.4) is 0 Å².